The molecule has 2 heteroatoms. The van der Waals surface area contributed by atoms with Crippen LogP contribution >= 0.6 is 0 Å². The largest absolute Gasteiger partial charge is 0.307 e. The highest BCUT2D eigenvalue weighted by Crippen LogP contribution is 2.42. The number of rotatable bonds is 3. The van der Waals surface area contributed by atoms with E-state index in [0.29, 0.717) is 0 Å². The van der Waals surface area contributed by atoms with Crippen molar-refractivity contribution in [3.05, 3.63) is 96.2 Å². The molecule has 1 fully saturated rings. The smallest absolute Gasteiger partial charge is 0.224 e. The molecule has 37 heavy (non-hydrogen) atoms. The Morgan fingerprint density at radius 2 is 1.62 bits per heavy atom. The summed E-state index contributed by atoms with van der Waals surface area (Å²) in [4.78, 5) is 0. The normalized spacial score (nSPS) is 14.9. The van der Waals surface area contributed by atoms with Crippen molar-refractivity contribution in [2.24, 2.45) is 13.0 Å². The third kappa shape index (κ3) is 3.02. The minimum Gasteiger partial charge on any atom is -0.307 e. The summed E-state index contributed by atoms with van der Waals surface area (Å²) in [6.45, 7) is 2.27. The second kappa shape index (κ2) is 7.79. The van der Waals surface area contributed by atoms with E-state index in [1.54, 1.807) is 0 Å². The highest BCUT2D eigenvalue weighted by molar-refractivity contribution is 6.26. The minimum atomic E-state index is 0.830. The van der Waals surface area contributed by atoms with Crippen molar-refractivity contribution < 1.29 is 4.57 Å². The van der Waals surface area contributed by atoms with Crippen molar-refractivity contribution >= 4 is 49.0 Å². The van der Waals surface area contributed by atoms with Gasteiger partial charge >= 0.3 is 0 Å². The Morgan fingerprint density at radius 3 is 2.46 bits per heavy atom. The maximum Gasteiger partial charge on any atom is 0.224 e. The highest BCUT2D eigenvalue weighted by atomic mass is 15.0. The predicted molar refractivity (Wildman–Crippen MR) is 156 cm³/mol. The molecule has 1 aliphatic rings. The van der Waals surface area contributed by atoms with Crippen LogP contribution in [0, 0.1) is 12.8 Å². The monoisotopic (exact) mass is 479 g/mol. The molecule has 0 aliphatic heterocycles. The molecule has 0 spiro atoms. The van der Waals surface area contributed by atoms with Crippen molar-refractivity contribution in [2.45, 2.75) is 39.0 Å². The average molecular weight is 480 g/mol. The molecule has 7 aromatic rings. The van der Waals surface area contributed by atoms with Crippen LogP contribution in [0.25, 0.3) is 60.1 Å². The SMILES string of the molecule is Cc1ccc2c3cc(-c4ccccc4)ccc3n3c4cc(CC5CCCC5)cc5cc[n+](C)c(c1c23)c54. The van der Waals surface area contributed by atoms with E-state index in [-0.39, 0.29) is 0 Å². The number of pyridine rings is 2. The summed E-state index contributed by atoms with van der Waals surface area (Å²) in [7, 11) is 2.20. The molecule has 0 unspecified atom stereocenters. The van der Waals surface area contributed by atoms with Crippen molar-refractivity contribution in [1.82, 2.24) is 4.40 Å². The van der Waals surface area contributed by atoms with Crippen molar-refractivity contribution in [2.75, 3.05) is 0 Å². The first-order valence-corrected chi connectivity index (χ1v) is 13.8. The summed E-state index contributed by atoms with van der Waals surface area (Å²) in [6, 6.07) is 29.8. The van der Waals surface area contributed by atoms with Gasteiger partial charge in [0.25, 0.3) is 0 Å². The molecular formula is C35H31N2+. The number of aryl methyl sites for hydroxylation is 2. The topological polar surface area (TPSA) is 8.29 Å². The second-order valence-electron chi connectivity index (χ2n) is 11.3. The Balaban J connectivity index is 1.54. The van der Waals surface area contributed by atoms with Gasteiger partial charge in [0, 0.05) is 16.8 Å². The summed E-state index contributed by atoms with van der Waals surface area (Å²) >= 11 is 0. The first-order valence-electron chi connectivity index (χ1n) is 13.8. The number of hydrogen-bond donors (Lipinski definition) is 0. The summed E-state index contributed by atoms with van der Waals surface area (Å²) < 4.78 is 4.91. The maximum atomic E-state index is 2.58. The van der Waals surface area contributed by atoms with Crippen molar-refractivity contribution in [1.29, 1.82) is 0 Å². The first-order chi connectivity index (χ1) is 18.2. The van der Waals surface area contributed by atoms with Crippen LogP contribution in [0.4, 0.5) is 0 Å². The Hall–Kier alpha value is -3.91. The molecule has 0 bridgehead atoms. The van der Waals surface area contributed by atoms with Gasteiger partial charge < -0.3 is 4.40 Å². The van der Waals surface area contributed by atoms with Gasteiger partial charge in [-0.2, -0.15) is 0 Å². The number of nitrogens with zero attached hydrogens (tertiary/aromatic N) is 2. The van der Waals surface area contributed by atoms with E-state index in [1.807, 2.05) is 0 Å². The van der Waals surface area contributed by atoms with E-state index >= 15 is 0 Å². The van der Waals surface area contributed by atoms with Gasteiger partial charge in [-0.3, -0.25) is 0 Å². The molecule has 2 nitrogen and oxygen atoms in total. The van der Waals surface area contributed by atoms with Gasteiger partial charge in [-0.05, 0) is 65.1 Å². The zero-order valence-corrected chi connectivity index (χ0v) is 21.6. The fraction of sp³-hybridized carbons (Fsp3) is 0.229. The molecule has 180 valence electrons. The Kier molecular flexibility index (Phi) is 4.47. The Morgan fingerprint density at radius 1 is 0.784 bits per heavy atom. The van der Waals surface area contributed by atoms with Crippen LogP contribution in [0.3, 0.4) is 0 Å². The summed E-state index contributed by atoms with van der Waals surface area (Å²) in [5.74, 6) is 0.830. The molecule has 3 heterocycles. The summed E-state index contributed by atoms with van der Waals surface area (Å²) in [6.07, 6.45) is 8.99. The van der Waals surface area contributed by atoms with Crippen LogP contribution in [-0.2, 0) is 13.5 Å². The molecule has 0 N–H and O–H groups in total. The lowest BCUT2D eigenvalue weighted by Gasteiger charge is -2.15. The predicted octanol–water partition coefficient (Wildman–Crippen LogP) is 8.52. The highest BCUT2D eigenvalue weighted by Gasteiger charge is 2.25. The lowest BCUT2D eigenvalue weighted by Crippen LogP contribution is -2.29. The third-order valence-corrected chi connectivity index (χ3v) is 9.00. The second-order valence-corrected chi connectivity index (χ2v) is 11.3. The average Bonchev–Trinajstić information content (AvgIpc) is 3.55. The summed E-state index contributed by atoms with van der Waals surface area (Å²) in [5.41, 5.74) is 10.7. The van der Waals surface area contributed by atoms with Gasteiger partial charge in [0.2, 0.25) is 5.52 Å². The molecule has 0 radical (unpaired) electrons. The van der Waals surface area contributed by atoms with Gasteiger partial charge in [0.15, 0.2) is 6.20 Å². The van der Waals surface area contributed by atoms with Crippen LogP contribution in [0.15, 0.2) is 85.1 Å². The van der Waals surface area contributed by atoms with Crippen LogP contribution < -0.4 is 4.57 Å². The number of hydrogen-bond acceptors (Lipinski definition) is 0. The van der Waals surface area contributed by atoms with Crippen LogP contribution in [0.1, 0.15) is 36.8 Å². The zero-order valence-electron chi connectivity index (χ0n) is 21.6. The molecule has 3 aromatic heterocycles. The number of aromatic nitrogens is 2. The molecule has 1 saturated carbocycles. The molecule has 0 saturated heterocycles. The lowest BCUT2D eigenvalue weighted by molar-refractivity contribution is -0.643. The van der Waals surface area contributed by atoms with Gasteiger partial charge in [0.05, 0.1) is 27.3 Å². The first kappa shape index (κ1) is 21.2. The van der Waals surface area contributed by atoms with Gasteiger partial charge in [-0.25, -0.2) is 4.57 Å². The van der Waals surface area contributed by atoms with Crippen LogP contribution in [0.5, 0.6) is 0 Å². The molecule has 4 aromatic carbocycles. The molecule has 1 aliphatic carbocycles. The van der Waals surface area contributed by atoms with E-state index in [4.69, 9.17) is 0 Å². The molecule has 0 amide bonds. The number of fused-ring (bicyclic) bond motifs is 5. The third-order valence-electron chi connectivity index (χ3n) is 9.00. The van der Waals surface area contributed by atoms with E-state index in [1.165, 1.54) is 103 Å². The van der Waals surface area contributed by atoms with Gasteiger partial charge in [-0.1, -0.05) is 80.3 Å². The molecule has 0 atom stereocenters. The Labute approximate surface area is 217 Å². The number of benzene rings is 4. The van der Waals surface area contributed by atoms with E-state index < -0.39 is 0 Å². The van der Waals surface area contributed by atoms with Crippen molar-refractivity contribution in [3.8, 4) is 11.1 Å². The minimum absolute atomic E-state index is 0.830. The van der Waals surface area contributed by atoms with Crippen LogP contribution in [0.2, 0.25) is 0 Å². The maximum absolute atomic E-state index is 2.58. The van der Waals surface area contributed by atoms with E-state index in [0.717, 1.165) is 5.92 Å². The van der Waals surface area contributed by atoms with Gasteiger partial charge in [-0.15, -0.1) is 0 Å². The Bertz CT molecular complexity index is 1970. The summed E-state index contributed by atoms with van der Waals surface area (Å²) in [5, 5.41) is 6.80. The zero-order chi connectivity index (χ0) is 24.7. The van der Waals surface area contributed by atoms with E-state index in [9.17, 15) is 0 Å². The fourth-order valence-corrected chi connectivity index (χ4v) is 7.25. The molecular weight excluding hydrogens is 448 g/mol. The van der Waals surface area contributed by atoms with E-state index in [2.05, 4.69) is 108 Å². The fourth-order valence-electron chi connectivity index (χ4n) is 7.25. The van der Waals surface area contributed by atoms with Gasteiger partial charge in [0.1, 0.15) is 7.05 Å². The quantitative estimate of drug-likeness (QED) is 0.136. The standard InChI is InChI=1S/C35H31N2/c1-22-12-14-28-29-21-26(25-10-4-3-5-11-25)13-15-30(29)37-31-20-24(18-23-8-6-7-9-23)19-27-16-17-36(2)35(33(27)31)32(22)34(28)37/h3-5,10-17,19-21,23H,6-9,18H2,1-2H3/q+1. The van der Waals surface area contributed by atoms with Crippen molar-refractivity contribution in [3.63, 3.8) is 0 Å². The van der Waals surface area contributed by atoms with Crippen LogP contribution in [-0.4, -0.2) is 4.40 Å². The molecule has 8 rings (SSSR count). The lowest BCUT2D eigenvalue weighted by atomic mass is 9.94.